The average Bonchev–Trinajstić information content (AvgIpc) is 2.53. The smallest absolute Gasteiger partial charge is 0.270 e. The van der Waals surface area contributed by atoms with Crippen molar-refractivity contribution in [2.45, 2.75) is 0 Å². The number of carbonyl (C=O) groups is 1. The number of rotatable bonds is 0. The van der Waals surface area contributed by atoms with Gasteiger partial charge < -0.3 is 5.32 Å². The molecule has 1 aliphatic rings. The molecule has 13 heavy (non-hydrogen) atoms. The molecule has 1 aromatic heterocycles. The van der Waals surface area contributed by atoms with E-state index in [0.29, 0.717) is 5.56 Å². The van der Waals surface area contributed by atoms with Crippen LogP contribution in [0.2, 0.25) is 0 Å². The summed E-state index contributed by atoms with van der Waals surface area (Å²) in [5.74, 6) is -0.332. The van der Waals surface area contributed by atoms with Crippen molar-refractivity contribution in [2.24, 2.45) is 0 Å². The average molecular weight is 199 g/mol. The molecule has 0 aromatic carbocycles. The Morgan fingerprint density at radius 1 is 1.46 bits per heavy atom. The first-order valence-electron chi connectivity index (χ1n) is 3.47. The third-order valence-corrected chi connectivity index (χ3v) is 2.54. The first-order valence-corrected chi connectivity index (χ1v) is 4.54. The molecule has 0 spiro atoms. The van der Waals surface area contributed by atoms with Crippen LogP contribution in [0.5, 0.6) is 0 Å². The van der Waals surface area contributed by atoms with Gasteiger partial charge in [0.05, 0.1) is 12.7 Å². The monoisotopic (exact) mass is 199 g/mol. The second-order valence-corrected chi connectivity index (χ2v) is 3.46. The molecule has 2 N–H and O–H groups in total. The van der Waals surface area contributed by atoms with Gasteiger partial charge >= 0.3 is 0 Å². The largest absolute Gasteiger partial charge is 0.346 e. The Labute approximate surface area is 74.5 Å². The van der Waals surface area contributed by atoms with Gasteiger partial charge in [-0.3, -0.25) is 9.89 Å². The van der Waals surface area contributed by atoms with Gasteiger partial charge in [-0.25, -0.2) is 0 Å². The van der Waals surface area contributed by atoms with Crippen molar-refractivity contribution in [3.05, 3.63) is 17.5 Å². The van der Waals surface area contributed by atoms with Crippen molar-refractivity contribution in [3.8, 4) is 0 Å². The fraction of sp³-hybridized carbons (Fsp3) is 0.167. The maximum Gasteiger partial charge on any atom is 0.270 e. The first kappa shape index (κ1) is 7.99. The van der Waals surface area contributed by atoms with Crippen LogP contribution < -0.4 is 5.32 Å². The second kappa shape index (κ2) is 2.70. The molecule has 1 amide bonds. The summed E-state index contributed by atoms with van der Waals surface area (Å²) in [6, 6.07) is 0. The fourth-order valence-corrected chi connectivity index (χ4v) is 1.69. The summed E-state index contributed by atoms with van der Waals surface area (Å²) >= 11 is 0. The minimum Gasteiger partial charge on any atom is -0.346 e. The third-order valence-electron chi connectivity index (χ3n) is 1.78. The Kier molecular flexibility index (Phi) is 1.66. The molecule has 0 saturated heterocycles. The molecule has 0 saturated carbocycles. The Morgan fingerprint density at radius 3 is 2.92 bits per heavy atom. The number of aromatic amines is 1. The van der Waals surface area contributed by atoms with Crippen LogP contribution in [0.4, 0.5) is 0 Å². The summed E-state index contributed by atoms with van der Waals surface area (Å²) in [5.41, 5.74) is 0.558. The van der Waals surface area contributed by atoms with E-state index in [0.717, 1.165) is 0 Å². The van der Waals surface area contributed by atoms with Gasteiger partial charge in [0.1, 0.15) is 10.6 Å². The van der Waals surface area contributed by atoms with E-state index in [2.05, 4.69) is 15.5 Å². The summed E-state index contributed by atoms with van der Waals surface area (Å²) in [6.07, 6.45) is 1.33. The topological polar surface area (TPSA) is 91.9 Å². The van der Waals surface area contributed by atoms with E-state index in [-0.39, 0.29) is 23.0 Å². The van der Waals surface area contributed by atoms with Gasteiger partial charge in [0, 0.05) is 5.56 Å². The van der Waals surface area contributed by atoms with Gasteiger partial charge in [-0.2, -0.15) is 13.5 Å². The molecule has 0 unspecified atom stereocenters. The molecule has 0 aliphatic carbocycles. The van der Waals surface area contributed by atoms with Gasteiger partial charge in [-0.15, -0.1) is 0 Å². The molecule has 7 heteroatoms. The van der Waals surface area contributed by atoms with Crippen LogP contribution in [0.1, 0.15) is 16.1 Å². The fourth-order valence-electron chi connectivity index (χ4n) is 1.16. The van der Waals surface area contributed by atoms with E-state index in [1.165, 1.54) is 6.20 Å². The van der Waals surface area contributed by atoms with Crippen LogP contribution in [0, 0.1) is 0 Å². The molecule has 0 bridgehead atoms. The molecule has 2 rings (SSSR count). The highest BCUT2D eigenvalue weighted by Gasteiger charge is 2.24. The molecule has 0 fully saturated rings. The highest BCUT2D eigenvalue weighted by Crippen LogP contribution is 2.09. The van der Waals surface area contributed by atoms with Crippen LogP contribution in [-0.4, -0.2) is 35.9 Å². The van der Waals surface area contributed by atoms with Crippen LogP contribution in [0.15, 0.2) is 6.20 Å². The number of hydrogen-bond donors (Lipinski definition) is 2. The highest BCUT2D eigenvalue weighted by molar-refractivity contribution is 7.73. The lowest BCUT2D eigenvalue weighted by atomic mass is 10.1. The van der Waals surface area contributed by atoms with Crippen molar-refractivity contribution in [1.82, 2.24) is 15.5 Å². The SMILES string of the molecule is O=C1NCC(=S(=O)=O)c2cn[nH]c21. The Hall–Kier alpha value is -1.63. The lowest BCUT2D eigenvalue weighted by Crippen LogP contribution is -2.36. The van der Waals surface area contributed by atoms with Gasteiger partial charge in [0.25, 0.3) is 5.91 Å². The molecule has 1 aliphatic heterocycles. The van der Waals surface area contributed by atoms with Crippen LogP contribution in [0.3, 0.4) is 0 Å². The first-order chi connectivity index (χ1) is 6.20. The van der Waals surface area contributed by atoms with Crippen LogP contribution in [-0.2, 0) is 10.3 Å². The van der Waals surface area contributed by atoms with Crippen molar-refractivity contribution >= 4 is 21.1 Å². The second-order valence-electron chi connectivity index (χ2n) is 2.50. The van der Waals surface area contributed by atoms with Gasteiger partial charge in [-0.05, 0) is 0 Å². The lowest BCUT2D eigenvalue weighted by molar-refractivity contribution is 0.0951. The molecular formula is C6H5N3O3S. The van der Waals surface area contributed by atoms with Crippen LogP contribution >= 0.6 is 0 Å². The number of aromatic nitrogens is 2. The quantitative estimate of drug-likeness (QED) is 0.500. The number of fused-ring (bicyclic) bond motifs is 1. The molecule has 68 valence electrons. The number of hydrogen-bond acceptors (Lipinski definition) is 4. The molecule has 0 radical (unpaired) electrons. The molecule has 1 aromatic rings. The van der Waals surface area contributed by atoms with Gasteiger partial charge in [0.15, 0.2) is 0 Å². The zero-order valence-corrected chi connectivity index (χ0v) is 7.18. The van der Waals surface area contributed by atoms with E-state index in [9.17, 15) is 13.2 Å². The van der Waals surface area contributed by atoms with Crippen LogP contribution in [0.25, 0.3) is 0 Å². The van der Waals surface area contributed by atoms with E-state index in [1.807, 2.05) is 0 Å². The minimum atomic E-state index is -2.31. The minimum absolute atomic E-state index is 0.0292. The molecular weight excluding hydrogens is 194 g/mol. The predicted molar refractivity (Wildman–Crippen MR) is 43.9 cm³/mol. The van der Waals surface area contributed by atoms with Crippen molar-refractivity contribution < 1.29 is 13.2 Å². The summed E-state index contributed by atoms with van der Waals surface area (Å²) in [5, 5.41) is 8.46. The van der Waals surface area contributed by atoms with E-state index < -0.39 is 10.3 Å². The van der Waals surface area contributed by atoms with E-state index in [4.69, 9.17) is 0 Å². The summed E-state index contributed by atoms with van der Waals surface area (Å²) in [7, 11) is -2.31. The van der Waals surface area contributed by atoms with Crippen molar-refractivity contribution in [2.75, 3.05) is 6.54 Å². The van der Waals surface area contributed by atoms with Gasteiger partial charge in [0.2, 0.25) is 10.3 Å². The van der Waals surface area contributed by atoms with Crippen molar-refractivity contribution in [3.63, 3.8) is 0 Å². The van der Waals surface area contributed by atoms with Crippen molar-refractivity contribution in [1.29, 1.82) is 0 Å². The maximum absolute atomic E-state index is 11.1. The standard InChI is InChI=1S/C6H5N3O3S/c10-6-5-3(1-8-9-5)4(2-7-6)13(11)12/h1H,2H2,(H,7,10)(H,8,9). The summed E-state index contributed by atoms with van der Waals surface area (Å²) in [6.45, 7) is 0.0292. The number of amides is 1. The Bertz CT molecular complexity index is 491. The Morgan fingerprint density at radius 2 is 2.23 bits per heavy atom. The number of H-pyrrole nitrogens is 1. The highest BCUT2D eigenvalue weighted by atomic mass is 32.2. The van der Waals surface area contributed by atoms with E-state index >= 15 is 0 Å². The molecule has 0 atom stereocenters. The maximum atomic E-state index is 11.1. The predicted octanol–water partition coefficient (Wildman–Crippen LogP) is -1.45. The number of carbonyl (C=O) groups excluding carboxylic acids is 1. The number of nitrogens with zero attached hydrogens (tertiary/aromatic N) is 1. The Balaban J connectivity index is 2.74. The number of nitrogens with one attached hydrogen (secondary N) is 2. The summed E-state index contributed by atoms with van der Waals surface area (Å²) in [4.78, 5) is 11.3. The normalized spacial score (nSPS) is 15.1. The van der Waals surface area contributed by atoms with E-state index in [1.54, 1.807) is 0 Å². The summed E-state index contributed by atoms with van der Waals surface area (Å²) < 4.78 is 21.4. The lowest BCUT2D eigenvalue weighted by Gasteiger charge is -2.10. The third kappa shape index (κ3) is 1.13. The molecule has 2 heterocycles. The zero-order valence-electron chi connectivity index (χ0n) is 6.36. The zero-order chi connectivity index (χ0) is 9.42. The van der Waals surface area contributed by atoms with Gasteiger partial charge in [-0.1, -0.05) is 0 Å². The molecule has 6 nitrogen and oxygen atoms in total.